The average molecular weight is 769 g/mol. The molecule has 0 saturated carbocycles. The molecule has 2 aliphatic rings. The van der Waals surface area contributed by atoms with Crippen molar-refractivity contribution in [2.45, 2.75) is 103 Å². The van der Waals surface area contributed by atoms with E-state index in [1.54, 1.807) is 39.0 Å². The summed E-state index contributed by atoms with van der Waals surface area (Å²) in [5, 5.41) is 52.4. The summed E-state index contributed by atoms with van der Waals surface area (Å²) in [5.74, 6) is -2.12. The molecule has 3 rings (SSSR count). The van der Waals surface area contributed by atoms with Crippen LogP contribution in [-0.4, -0.2) is 144 Å². The molecule has 0 radical (unpaired) electrons. The average Bonchev–Trinajstić information content (AvgIpc) is 3.44. The van der Waals surface area contributed by atoms with Crippen LogP contribution < -0.4 is 10.1 Å². The van der Waals surface area contributed by atoms with Crippen molar-refractivity contribution < 1.29 is 73.1 Å². The van der Waals surface area contributed by atoms with Crippen molar-refractivity contribution in [1.29, 1.82) is 0 Å². The smallest absolute Gasteiger partial charge is 0.335 e. The van der Waals surface area contributed by atoms with E-state index in [0.717, 1.165) is 12.0 Å². The lowest BCUT2D eigenvalue weighted by Crippen LogP contribution is -2.61. The van der Waals surface area contributed by atoms with Gasteiger partial charge in [-0.05, 0) is 70.2 Å². The minimum atomic E-state index is -1.86. The van der Waals surface area contributed by atoms with Crippen LogP contribution in [0.1, 0.15) is 64.0 Å². The van der Waals surface area contributed by atoms with E-state index in [2.05, 4.69) is 5.32 Å². The van der Waals surface area contributed by atoms with E-state index in [0.29, 0.717) is 90.4 Å². The van der Waals surface area contributed by atoms with Crippen molar-refractivity contribution in [2.24, 2.45) is 5.41 Å². The van der Waals surface area contributed by atoms with Crippen LogP contribution in [0.5, 0.6) is 5.75 Å². The number of esters is 1. The first kappa shape index (κ1) is 44.7. The van der Waals surface area contributed by atoms with E-state index in [1.165, 1.54) is 17.1 Å². The SMILES string of the molecule is CC(C)(C)C(=O)OCc1cc(CCCOCCOCCOCCNC(=O)CCCCCN2C(=O)C=CC2O)ccc1O[C@@H]1O[C@H](C(=O)O)[C@@H](O)[C@H](O)[C@H]1O. The van der Waals surface area contributed by atoms with Crippen molar-refractivity contribution in [2.75, 3.05) is 52.7 Å². The topological polar surface area (TPSA) is 240 Å². The number of aliphatic hydroxyl groups excluding tert-OH is 4. The molecule has 6 N–H and O–H groups in total. The maximum Gasteiger partial charge on any atom is 0.335 e. The highest BCUT2D eigenvalue weighted by molar-refractivity contribution is 5.90. The zero-order valence-electron chi connectivity index (χ0n) is 31.2. The van der Waals surface area contributed by atoms with E-state index in [4.69, 9.17) is 28.4 Å². The molecule has 1 fully saturated rings. The first-order valence-corrected chi connectivity index (χ1v) is 18.2. The van der Waals surface area contributed by atoms with Gasteiger partial charge in [0.05, 0.1) is 38.4 Å². The van der Waals surface area contributed by atoms with Gasteiger partial charge in [-0.25, -0.2) is 4.79 Å². The van der Waals surface area contributed by atoms with Gasteiger partial charge >= 0.3 is 11.9 Å². The van der Waals surface area contributed by atoms with Gasteiger partial charge in [-0.15, -0.1) is 0 Å². The van der Waals surface area contributed by atoms with Gasteiger partial charge in [0, 0.05) is 37.8 Å². The van der Waals surface area contributed by atoms with Crippen LogP contribution in [-0.2, 0) is 55.9 Å². The molecule has 304 valence electrons. The third-order valence-electron chi connectivity index (χ3n) is 8.54. The maximum atomic E-state index is 12.5. The molecule has 2 heterocycles. The molecular formula is C37H56N2O15. The summed E-state index contributed by atoms with van der Waals surface area (Å²) in [4.78, 5) is 48.9. The zero-order chi connectivity index (χ0) is 39.7. The Kier molecular flexibility index (Phi) is 18.7. The number of aliphatic hydroxyl groups is 4. The number of carbonyl (C=O) groups is 4. The normalized spacial score (nSPS) is 22.7. The molecule has 54 heavy (non-hydrogen) atoms. The highest BCUT2D eigenvalue weighted by Crippen LogP contribution is 2.29. The fourth-order valence-electron chi connectivity index (χ4n) is 5.41. The van der Waals surface area contributed by atoms with Gasteiger partial charge in [-0.3, -0.25) is 14.4 Å². The maximum absolute atomic E-state index is 12.5. The second kappa shape index (κ2) is 22.6. The molecule has 1 unspecified atom stereocenters. The first-order chi connectivity index (χ1) is 25.7. The largest absolute Gasteiger partial charge is 0.479 e. The molecule has 6 atom stereocenters. The van der Waals surface area contributed by atoms with E-state index >= 15 is 0 Å². The summed E-state index contributed by atoms with van der Waals surface area (Å²) in [6, 6.07) is 5.07. The Bertz CT molecular complexity index is 1380. The van der Waals surface area contributed by atoms with E-state index < -0.39 is 54.3 Å². The number of nitrogens with zero attached hydrogens (tertiary/aromatic N) is 1. The number of rotatable bonds is 24. The van der Waals surface area contributed by atoms with Crippen LogP contribution >= 0.6 is 0 Å². The molecule has 0 aromatic heterocycles. The fraction of sp³-hybridized carbons (Fsp3) is 0.676. The Labute approximate surface area is 315 Å². The Hall–Kier alpha value is -3.68. The second-order valence-corrected chi connectivity index (χ2v) is 14.0. The first-order valence-electron chi connectivity index (χ1n) is 18.2. The molecule has 1 saturated heterocycles. The molecule has 0 aliphatic carbocycles. The van der Waals surface area contributed by atoms with Crippen LogP contribution in [0.4, 0.5) is 0 Å². The standard InChI is InChI=1S/C37H56N2O15/c1-37(2,3)36(48)52-23-25-22-24(10-11-26(25)53-35-32(45)30(43)31(44)33(54-35)34(46)47)8-7-16-49-18-20-51-21-19-50-17-14-38-27(40)9-5-4-6-15-39-28(41)12-13-29(39)42/h10-13,22,28,30-33,35,41,43-45H,4-9,14-21,23H2,1-3H3,(H,38,40)(H,46,47)/t28?,30-,31-,32+,33-,35+/m0/s1. The van der Waals surface area contributed by atoms with Gasteiger partial charge in [0.25, 0.3) is 0 Å². The van der Waals surface area contributed by atoms with Crippen LogP contribution in [0.3, 0.4) is 0 Å². The van der Waals surface area contributed by atoms with E-state index in [-0.39, 0.29) is 24.2 Å². The lowest BCUT2D eigenvalue weighted by atomic mass is 9.97. The van der Waals surface area contributed by atoms with Crippen molar-refractivity contribution in [3.05, 3.63) is 41.5 Å². The Morgan fingerprint density at radius 2 is 1.56 bits per heavy atom. The van der Waals surface area contributed by atoms with Crippen LogP contribution in [0.15, 0.2) is 30.4 Å². The van der Waals surface area contributed by atoms with Gasteiger partial charge in [0.1, 0.15) is 36.9 Å². The number of nitrogens with one attached hydrogen (secondary N) is 1. The number of carboxylic acids is 1. The van der Waals surface area contributed by atoms with Gasteiger partial charge in [0.15, 0.2) is 6.10 Å². The van der Waals surface area contributed by atoms with Crippen molar-refractivity contribution in [3.63, 3.8) is 0 Å². The predicted octanol–water partition coefficient (Wildman–Crippen LogP) is 0.423. The van der Waals surface area contributed by atoms with Crippen LogP contribution in [0.2, 0.25) is 0 Å². The molecule has 1 aromatic carbocycles. The molecular weight excluding hydrogens is 712 g/mol. The van der Waals surface area contributed by atoms with E-state index in [1.807, 2.05) is 0 Å². The van der Waals surface area contributed by atoms with Gasteiger partial charge in [0.2, 0.25) is 18.1 Å². The summed E-state index contributed by atoms with van der Waals surface area (Å²) in [6.45, 7) is 8.09. The number of amides is 2. The number of ether oxygens (including phenoxy) is 6. The summed E-state index contributed by atoms with van der Waals surface area (Å²) in [6.07, 6.45) is -3.12. The Balaban J connectivity index is 1.27. The van der Waals surface area contributed by atoms with Gasteiger partial charge < -0.3 is 64.2 Å². The number of aliphatic carboxylic acids is 1. The van der Waals surface area contributed by atoms with Gasteiger partial charge in [-0.1, -0.05) is 12.5 Å². The summed E-state index contributed by atoms with van der Waals surface area (Å²) in [7, 11) is 0. The number of carboxylic acid groups (broad SMARTS) is 1. The number of hydrogen-bond donors (Lipinski definition) is 6. The lowest BCUT2D eigenvalue weighted by molar-refractivity contribution is -0.271. The molecule has 2 aliphatic heterocycles. The summed E-state index contributed by atoms with van der Waals surface area (Å²) >= 11 is 0. The van der Waals surface area contributed by atoms with Gasteiger partial charge in [-0.2, -0.15) is 0 Å². The monoisotopic (exact) mass is 768 g/mol. The number of benzene rings is 1. The van der Waals surface area contributed by atoms with Crippen molar-refractivity contribution in [1.82, 2.24) is 10.2 Å². The van der Waals surface area contributed by atoms with Crippen molar-refractivity contribution >= 4 is 23.8 Å². The minimum Gasteiger partial charge on any atom is -0.479 e. The van der Waals surface area contributed by atoms with Crippen LogP contribution in [0.25, 0.3) is 0 Å². The van der Waals surface area contributed by atoms with Crippen molar-refractivity contribution in [3.8, 4) is 5.75 Å². The molecule has 0 spiro atoms. The Morgan fingerprint density at radius 1 is 0.870 bits per heavy atom. The zero-order valence-corrected chi connectivity index (χ0v) is 31.2. The third-order valence-corrected chi connectivity index (χ3v) is 8.54. The molecule has 17 nitrogen and oxygen atoms in total. The fourth-order valence-corrected chi connectivity index (χ4v) is 5.41. The number of hydrogen-bond acceptors (Lipinski definition) is 14. The van der Waals surface area contributed by atoms with E-state index in [9.17, 15) is 44.7 Å². The number of aryl methyl sites for hydroxylation is 1. The Morgan fingerprint density at radius 3 is 2.20 bits per heavy atom. The quantitative estimate of drug-likeness (QED) is 0.0617. The minimum absolute atomic E-state index is 0.0643. The molecule has 0 bridgehead atoms. The lowest BCUT2D eigenvalue weighted by Gasteiger charge is -2.38. The summed E-state index contributed by atoms with van der Waals surface area (Å²) in [5.41, 5.74) is 0.523. The number of unbranched alkanes of at least 4 members (excludes halogenated alkanes) is 2. The molecule has 1 aromatic rings. The summed E-state index contributed by atoms with van der Waals surface area (Å²) < 4.78 is 33.2. The number of carbonyl (C=O) groups excluding carboxylic acids is 3. The predicted molar refractivity (Wildman–Crippen MR) is 190 cm³/mol. The van der Waals surface area contributed by atoms with Crippen LogP contribution in [0, 0.1) is 5.41 Å². The molecule has 2 amide bonds. The highest BCUT2D eigenvalue weighted by atomic mass is 16.7. The second-order valence-electron chi connectivity index (χ2n) is 14.0. The molecule has 17 heteroatoms. The highest BCUT2D eigenvalue weighted by Gasteiger charge is 2.48. The third kappa shape index (κ3) is 14.9.